The summed E-state index contributed by atoms with van der Waals surface area (Å²) in [6.07, 6.45) is -1.32. The van der Waals surface area contributed by atoms with E-state index in [-0.39, 0.29) is 5.56 Å². The number of nitrogens with zero attached hydrogens (tertiary/aromatic N) is 2. The van der Waals surface area contributed by atoms with Crippen molar-refractivity contribution in [2.45, 2.75) is 20.0 Å². The molecule has 4 aromatic rings. The second-order valence-electron chi connectivity index (χ2n) is 7.37. The fourth-order valence-electron chi connectivity index (χ4n) is 3.54. The summed E-state index contributed by atoms with van der Waals surface area (Å²) in [5, 5.41) is 0.471. The summed E-state index contributed by atoms with van der Waals surface area (Å²) in [5.41, 5.74) is 2.56. The van der Waals surface area contributed by atoms with E-state index in [0.29, 0.717) is 28.0 Å². The van der Waals surface area contributed by atoms with Gasteiger partial charge in [0, 0.05) is 0 Å². The highest BCUT2D eigenvalue weighted by molar-refractivity contribution is 5.80. The Morgan fingerprint density at radius 2 is 1.68 bits per heavy atom. The van der Waals surface area contributed by atoms with Crippen LogP contribution in [0, 0.1) is 13.8 Å². The largest absolute Gasteiger partial charge is 0.416 e. The van der Waals surface area contributed by atoms with E-state index in [9.17, 15) is 18.0 Å². The Hall–Kier alpha value is -3.67. The highest BCUT2D eigenvalue weighted by Crippen LogP contribution is 2.30. The molecule has 156 valence electrons. The maximum Gasteiger partial charge on any atom is 0.416 e. The fourth-order valence-corrected chi connectivity index (χ4v) is 3.54. The highest BCUT2D eigenvalue weighted by atomic mass is 19.4. The molecule has 0 bridgehead atoms. The Bertz CT molecular complexity index is 1370. The predicted octanol–water partition coefficient (Wildman–Crippen LogP) is 6.19. The Kier molecular flexibility index (Phi) is 5.23. The number of rotatable bonds is 3. The minimum atomic E-state index is -4.42. The van der Waals surface area contributed by atoms with Crippen LogP contribution >= 0.6 is 0 Å². The lowest BCUT2D eigenvalue weighted by atomic mass is 10.1. The van der Waals surface area contributed by atoms with Gasteiger partial charge in [0.2, 0.25) is 0 Å². The molecule has 3 aromatic carbocycles. The van der Waals surface area contributed by atoms with Crippen molar-refractivity contribution in [3.63, 3.8) is 0 Å². The summed E-state index contributed by atoms with van der Waals surface area (Å²) in [5.74, 6) is 0.341. The van der Waals surface area contributed by atoms with E-state index in [1.165, 1.54) is 16.7 Å². The minimum Gasteiger partial charge on any atom is -0.268 e. The zero-order chi connectivity index (χ0) is 22.2. The van der Waals surface area contributed by atoms with Gasteiger partial charge in [-0.3, -0.25) is 9.36 Å². The number of alkyl halides is 3. The first-order valence-electron chi connectivity index (χ1n) is 9.69. The van der Waals surface area contributed by atoms with E-state index >= 15 is 0 Å². The van der Waals surface area contributed by atoms with E-state index in [0.717, 1.165) is 23.3 Å². The van der Waals surface area contributed by atoms with Crippen molar-refractivity contribution in [3.8, 4) is 5.69 Å². The number of aryl methyl sites for hydroxylation is 2. The zero-order valence-electron chi connectivity index (χ0n) is 16.9. The molecule has 1 aromatic heterocycles. The molecule has 0 unspecified atom stereocenters. The molecule has 0 saturated heterocycles. The molecular weight excluding hydrogens is 401 g/mol. The standard InChI is InChI=1S/C25H19F3N2O/c1-16-10-12-22(17(2)14-16)30-23(29-21-9-4-3-8-20(21)24(30)31)13-11-18-6-5-7-19(15-18)25(26,27)28/h3-15H,1-2H3/b13-11-. The number of aromatic nitrogens is 2. The van der Waals surface area contributed by atoms with Crippen molar-refractivity contribution in [1.29, 1.82) is 0 Å². The van der Waals surface area contributed by atoms with E-state index in [1.807, 2.05) is 32.0 Å². The van der Waals surface area contributed by atoms with E-state index in [1.54, 1.807) is 36.4 Å². The van der Waals surface area contributed by atoms with Crippen molar-refractivity contribution < 1.29 is 13.2 Å². The maximum atomic E-state index is 13.3. The summed E-state index contributed by atoms with van der Waals surface area (Å²) < 4.78 is 40.6. The first-order valence-corrected chi connectivity index (χ1v) is 9.69. The number of para-hydroxylation sites is 1. The van der Waals surface area contributed by atoms with Gasteiger partial charge in [0.05, 0.1) is 22.2 Å². The Balaban J connectivity index is 1.91. The molecule has 0 aliphatic rings. The Morgan fingerprint density at radius 3 is 2.42 bits per heavy atom. The summed E-state index contributed by atoms with van der Waals surface area (Å²) >= 11 is 0. The molecule has 0 spiro atoms. The SMILES string of the molecule is Cc1ccc(-n2c(/C=C\c3cccc(C(F)(F)F)c3)nc3ccccc3c2=O)c(C)c1. The number of hydrogen-bond acceptors (Lipinski definition) is 2. The normalized spacial score (nSPS) is 12.0. The second-order valence-corrected chi connectivity index (χ2v) is 7.37. The Morgan fingerprint density at radius 1 is 0.903 bits per heavy atom. The van der Waals surface area contributed by atoms with E-state index in [2.05, 4.69) is 4.98 Å². The van der Waals surface area contributed by atoms with Crippen LogP contribution in [0.1, 0.15) is 28.1 Å². The molecule has 0 atom stereocenters. The van der Waals surface area contributed by atoms with E-state index in [4.69, 9.17) is 0 Å². The molecule has 0 aliphatic heterocycles. The molecule has 0 saturated carbocycles. The van der Waals surface area contributed by atoms with Gasteiger partial charge >= 0.3 is 6.18 Å². The van der Waals surface area contributed by atoms with Gasteiger partial charge < -0.3 is 0 Å². The average Bonchev–Trinajstić information content (AvgIpc) is 2.73. The lowest BCUT2D eigenvalue weighted by Crippen LogP contribution is -2.23. The van der Waals surface area contributed by atoms with Gasteiger partial charge in [-0.25, -0.2) is 4.98 Å². The third kappa shape index (κ3) is 4.14. The lowest BCUT2D eigenvalue weighted by Gasteiger charge is -2.14. The maximum absolute atomic E-state index is 13.3. The van der Waals surface area contributed by atoms with Gasteiger partial charge in [0.15, 0.2) is 0 Å². The van der Waals surface area contributed by atoms with Gasteiger partial charge in [-0.2, -0.15) is 13.2 Å². The molecule has 31 heavy (non-hydrogen) atoms. The molecule has 4 rings (SSSR count). The van der Waals surface area contributed by atoms with Gasteiger partial charge in [-0.05, 0) is 61.4 Å². The van der Waals surface area contributed by atoms with Crippen LogP contribution in [0.4, 0.5) is 13.2 Å². The molecule has 0 N–H and O–H groups in total. The van der Waals surface area contributed by atoms with Crippen LogP contribution in [0.15, 0.2) is 71.5 Å². The first kappa shape index (κ1) is 20.6. The molecule has 6 heteroatoms. The quantitative estimate of drug-likeness (QED) is 0.396. The molecule has 0 aliphatic carbocycles. The monoisotopic (exact) mass is 420 g/mol. The molecule has 3 nitrogen and oxygen atoms in total. The van der Waals surface area contributed by atoms with Gasteiger partial charge in [-0.15, -0.1) is 0 Å². The molecule has 0 fully saturated rings. The summed E-state index contributed by atoms with van der Waals surface area (Å²) in [6, 6.07) is 17.8. The van der Waals surface area contributed by atoms with Crippen LogP contribution in [0.2, 0.25) is 0 Å². The topological polar surface area (TPSA) is 34.9 Å². The van der Waals surface area contributed by atoms with Crippen molar-refractivity contribution in [2.24, 2.45) is 0 Å². The lowest BCUT2D eigenvalue weighted by molar-refractivity contribution is -0.137. The van der Waals surface area contributed by atoms with Gasteiger partial charge in [-0.1, -0.05) is 48.0 Å². The summed E-state index contributed by atoms with van der Waals surface area (Å²) in [6.45, 7) is 3.87. The summed E-state index contributed by atoms with van der Waals surface area (Å²) in [7, 11) is 0. The van der Waals surface area contributed by atoms with E-state index < -0.39 is 11.7 Å². The van der Waals surface area contributed by atoms with Crippen molar-refractivity contribution in [3.05, 3.63) is 105 Å². The number of hydrogen-bond donors (Lipinski definition) is 0. The molecule has 0 radical (unpaired) electrons. The van der Waals surface area contributed by atoms with Crippen LogP contribution < -0.4 is 5.56 Å². The average molecular weight is 420 g/mol. The highest BCUT2D eigenvalue weighted by Gasteiger charge is 2.30. The van der Waals surface area contributed by atoms with Crippen LogP contribution in [0.3, 0.4) is 0 Å². The second kappa shape index (κ2) is 7.87. The minimum absolute atomic E-state index is 0.235. The zero-order valence-corrected chi connectivity index (χ0v) is 16.9. The Labute approximate surface area is 177 Å². The van der Waals surface area contributed by atoms with Gasteiger partial charge in [0.25, 0.3) is 5.56 Å². The van der Waals surface area contributed by atoms with Crippen molar-refractivity contribution >= 4 is 23.1 Å². The van der Waals surface area contributed by atoms with Crippen LogP contribution in [-0.4, -0.2) is 9.55 Å². The van der Waals surface area contributed by atoms with Crippen LogP contribution in [0.25, 0.3) is 28.7 Å². The van der Waals surface area contributed by atoms with Gasteiger partial charge in [0.1, 0.15) is 5.82 Å². The van der Waals surface area contributed by atoms with Crippen molar-refractivity contribution in [1.82, 2.24) is 9.55 Å². The summed E-state index contributed by atoms with van der Waals surface area (Å²) in [4.78, 5) is 17.9. The molecular formula is C25H19F3N2O. The number of halogens is 3. The first-order chi connectivity index (χ1) is 14.7. The fraction of sp³-hybridized carbons (Fsp3) is 0.120. The van der Waals surface area contributed by atoms with Crippen LogP contribution in [-0.2, 0) is 6.18 Å². The predicted molar refractivity (Wildman–Crippen MR) is 117 cm³/mol. The van der Waals surface area contributed by atoms with Crippen molar-refractivity contribution in [2.75, 3.05) is 0 Å². The molecule has 1 heterocycles. The third-order valence-electron chi connectivity index (χ3n) is 5.03. The smallest absolute Gasteiger partial charge is 0.268 e. The molecule has 0 amide bonds. The number of benzene rings is 3. The third-order valence-corrected chi connectivity index (χ3v) is 5.03. The van der Waals surface area contributed by atoms with Crippen LogP contribution in [0.5, 0.6) is 0 Å². The number of fused-ring (bicyclic) bond motifs is 1.